The number of carbonyl (C=O) groups is 1. The van der Waals surface area contributed by atoms with Crippen LogP contribution in [0.5, 0.6) is 5.75 Å². The predicted molar refractivity (Wildman–Crippen MR) is 66.1 cm³/mol. The molecule has 1 aromatic rings. The van der Waals surface area contributed by atoms with Gasteiger partial charge in [-0.2, -0.15) is 0 Å². The van der Waals surface area contributed by atoms with Gasteiger partial charge in [-0.05, 0) is 6.07 Å². The maximum atomic E-state index is 10.6. The molecule has 1 aliphatic rings. The van der Waals surface area contributed by atoms with Gasteiger partial charge < -0.3 is 14.6 Å². The zero-order chi connectivity index (χ0) is 13.0. The molecule has 1 unspecified atom stereocenters. The quantitative estimate of drug-likeness (QED) is 0.858. The molecule has 0 fully saturated rings. The van der Waals surface area contributed by atoms with Crippen molar-refractivity contribution in [2.24, 2.45) is 4.99 Å². The maximum absolute atomic E-state index is 10.6. The third-order valence-corrected chi connectivity index (χ3v) is 2.71. The number of carboxylic acids is 1. The molecule has 1 aliphatic heterocycles. The molecule has 5 heteroatoms. The van der Waals surface area contributed by atoms with Crippen LogP contribution in [0.1, 0.15) is 12.0 Å². The van der Waals surface area contributed by atoms with Crippen molar-refractivity contribution < 1.29 is 19.4 Å². The molecule has 0 aromatic heterocycles. The molecule has 0 saturated heterocycles. The number of hydrogen-bond donors (Lipinski definition) is 1. The highest BCUT2D eigenvalue weighted by Gasteiger charge is 2.22. The first-order chi connectivity index (χ1) is 8.69. The third-order valence-electron chi connectivity index (χ3n) is 2.71. The summed E-state index contributed by atoms with van der Waals surface area (Å²) in [5, 5.41) is 8.68. The van der Waals surface area contributed by atoms with Crippen molar-refractivity contribution in [1.82, 2.24) is 0 Å². The maximum Gasteiger partial charge on any atom is 0.307 e. The van der Waals surface area contributed by atoms with E-state index in [9.17, 15) is 4.79 Å². The number of nitrogens with zero attached hydrogens (tertiary/aromatic N) is 1. The molecule has 0 spiro atoms. The highest BCUT2D eigenvalue weighted by Crippen LogP contribution is 2.20. The molecule has 0 aliphatic carbocycles. The molecule has 1 heterocycles. The van der Waals surface area contributed by atoms with Crippen LogP contribution in [0.15, 0.2) is 29.3 Å². The fraction of sp³-hybridized carbons (Fsp3) is 0.385. The summed E-state index contributed by atoms with van der Waals surface area (Å²) >= 11 is 0. The van der Waals surface area contributed by atoms with Gasteiger partial charge in [0.2, 0.25) is 0 Å². The van der Waals surface area contributed by atoms with E-state index >= 15 is 0 Å². The monoisotopic (exact) mass is 249 g/mol. The van der Waals surface area contributed by atoms with E-state index in [1.165, 1.54) is 0 Å². The lowest BCUT2D eigenvalue weighted by Gasteiger charge is -2.10. The van der Waals surface area contributed by atoms with Crippen molar-refractivity contribution in [2.75, 3.05) is 13.7 Å². The number of para-hydroxylation sites is 1. The van der Waals surface area contributed by atoms with Crippen LogP contribution in [-0.4, -0.2) is 36.7 Å². The number of benzene rings is 1. The van der Waals surface area contributed by atoms with Crippen LogP contribution in [0.4, 0.5) is 0 Å². The molecule has 0 bridgehead atoms. The lowest BCUT2D eigenvalue weighted by molar-refractivity contribution is -0.138. The van der Waals surface area contributed by atoms with Crippen molar-refractivity contribution in [3.8, 4) is 5.75 Å². The first-order valence-electron chi connectivity index (χ1n) is 5.72. The molecular weight excluding hydrogens is 234 g/mol. The fourth-order valence-corrected chi connectivity index (χ4v) is 1.88. The summed E-state index contributed by atoms with van der Waals surface area (Å²) in [6.45, 7) is 0.413. The first-order valence-corrected chi connectivity index (χ1v) is 5.72. The Morgan fingerprint density at radius 2 is 2.33 bits per heavy atom. The fourth-order valence-electron chi connectivity index (χ4n) is 1.88. The van der Waals surface area contributed by atoms with Crippen LogP contribution in [0.25, 0.3) is 0 Å². The summed E-state index contributed by atoms with van der Waals surface area (Å²) in [4.78, 5) is 14.8. The van der Waals surface area contributed by atoms with Crippen molar-refractivity contribution in [1.29, 1.82) is 0 Å². The van der Waals surface area contributed by atoms with Gasteiger partial charge in [0, 0.05) is 5.56 Å². The lowest BCUT2D eigenvalue weighted by Crippen LogP contribution is -2.18. The minimum atomic E-state index is -0.867. The van der Waals surface area contributed by atoms with Gasteiger partial charge in [-0.3, -0.25) is 9.79 Å². The van der Waals surface area contributed by atoms with Crippen molar-refractivity contribution >= 4 is 11.9 Å². The molecule has 5 nitrogen and oxygen atoms in total. The molecule has 0 radical (unpaired) electrons. The molecular formula is C13H15NO4. The van der Waals surface area contributed by atoms with Gasteiger partial charge in [0.05, 0.1) is 26.5 Å². The van der Waals surface area contributed by atoms with E-state index in [-0.39, 0.29) is 12.5 Å². The molecule has 1 atom stereocenters. The summed E-state index contributed by atoms with van der Waals surface area (Å²) < 4.78 is 10.7. The lowest BCUT2D eigenvalue weighted by atomic mass is 10.1. The second-order valence-electron chi connectivity index (χ2n) is 4.06. The molecule has 2 rings (SSSR count). The molecule has 96 valence electrons. The van der Waals surface area contributed by atoms with E-state index in [0.29, 0.717) is 18.9 Å². The standard InChI is InChI=1S/C13H15NO4/c1-17-11-5-3-2-4-9(11)6-12-14-8-10(18-12)7-13(15)16/h2-5,10H,6-8H2,1H3,(H,15,16). The van der Waals surface area contributed by atoms with Crippen molar-refractivity contribution in [3.05, 3.63) is 29.8 Å². The van der Waals surface area contributed by atoms with Crippen molar-refractivity contribution in [2.45, 2.75) is 18.9 Å². The molecule has 0 saturated carbocycles. The Morgan fingerprint density at radius 1 is 1.56 bits per heavy atom. The van der Waals surface area contributed by atoms with Gasteiger partial charge in [-0.1, -0.05) is 18.2 Å². The normalized spacial score (nSPS) is 18.1. The average molecular weight is 249 g/mol. The Hall–Kier alpha value is -2.04. The number of methoxy groups -OCH3 is 1. The number of aliphatic carboxylic acids is 1. The van der Waals surface area contributed by atoms with Crippen LogP contribution in [0, 0.1) is 0 Å². The zero-order valence-electron chi connectivity index (χ0n) is 10.1. The van der Waals surface area contributed by atoms with Gasteiger partial charge in [0.15, 0.2) is 5.90 Å². The van der Waals surface area contributed by atoms with Gasteiger partial charge in [-0.25, -0.2) is 0 Å². The summed E-state index contributed by atoms with van der Waals surface area (Å²) in [5.41, 5.74) is 0.981. The topological polar surface area (TPSA) is 68.1 Å². The Bertz CT molecular complexity index is 470. The summed E-state index contributed by atoms with van der Waals surface area (Å²) in [6, 6.07) is 7.63. The first kappa shape index (κ1) is 12.4. The van der Waals surface area contributed by atoms with Crippen LogP contribution in [-0.2, 0) is 16.0 Å². The summed E-state index contributed by atoms with van der Waals surface area (Å²) in [5.74, 6) is 0.491. The molecule has 1 aromatic carbocycles. The average Bonchev–Trinajstić information content (AvgIpc) is 2.76. The van der Waals surface area contributed by atoms with Crippen LogP contribution in [0.3, 0.4) is 0 Å². The molecule has 0 amide bonds. The van der Waals surface area contributed by atoms with Gasteiger partial charge >= 0.3 is 5.97 Å². The number of hydrogen-bond acceptors (Lipinski definition) is 4. The van der Waals surface area contributed by atoms with Crippen LogP contribution < -0.4 is 4.74 Å². The number of rotatable bonds is 5. The highest BCUT2D eigenvalue weighted by molar-refractivity contribution is 5.81. The predicted octanol–water partition coefficient (Wildman–Crippen LogP) is 1.51. The largest absolute Gasteiger partial charge is 0.496 e. The minimum Gasteiger partial charge on any atom is -0.496 e. The summed E-state index contributed by atoms with van der Waals surface area (Å²) in [6.07, 6.45) is 0.172. The summed E-state index contributed by atoms with van der Waals surface area (Å²) in [7, 11) is 1.61. The number of aliphatic imine (C=N–C) groups is 1. The minimum absolute atomic E-state index is 0.0150. The Kier molecular flexibility index (Phi) is 3.82. The molecule has 1 N–H and O–H groups in total. The van der Waals surface area contributed by atoms with Crippen LogP contribution in [0.2, 0.25) is 0 Å². The third kappa shape index (κ3) is 3.00. The van der Waals surface area contributed by atoms with Gasteiger partial charge in [0.1, 0.15) is 11.9 Å². The van der Waals surface area contributed by atoms with E-state index in [1.807, 2.05) is 24.3 Å². The number of ether oxygens (including phenoxy) is 2. The van der Waals surface area contributed by atoms with E-state index in [0.717, 1.165) is 11.3 Å². The Labute approximate surface area is 105 Å². The van der Waals surface area contributed by atoms with Crippen LogP contribution >= 0.6 is 0 Å². The van der Waals surface area contributed by atoms with E-state index in [1.54, 1.807) is 7.11 Å². The van der Waals surface area contributed by atoms with Gasteiger partial charge in [-0.15, -0.1) is 0 Å². The molecule has 18 heavy (non-hydrogen) atoms. The van der Waals surface area contributed by atoms with E-state index < -0.39 is 5.97 Å². The van der Waals surface area contributed by atoms with E-state index in [4.69, 9.17) is 14.6 Å². The number of carboxylic acid groups (broad SMARTS) is 1. The smallest absolute Gasteiger partial charge is 0.307 e. The highest BCUT2D eigenvalue weighted by atomic mass is 16.5. The SMILES string of the molecule is COc1ccccc1CC1=NCC(CC(=O)O)O1. The second kappa shape index (κ2) is 5.53. The van der Waals surface area contributed by atoms with Crippen molar-refractivity contribution in [3.63, 3.8) is 0 Å². The van der Waals surface area contributed by atoms with E-state index in [2.05, 4.69) is 4.99 Å². The van der Waals surface area contributed by atoms with Gasteiger partial charge in [0.25, 0.3) is 0 Å². The zero-order valence-corrected chi connectivity index (χ0v) is 10.1. The Morgan fingerprint density at radius 3 is 3.06 bits per heavy atom. The Balaban J connectivity index is 1.97. The second-order valence-corrected chi connectivity index (χ2v) is 4.06.